The van der Waals surface area contributed by atoms with E-state index < -0.39 is 25.6 Å². The van der Waals surface area contributed by atoms with Gasteiger partial charge in [0.05, 0.1) is 19.2 Å². The number of benzene rings is 1. The first-order chi connectivity index (χ1) is 15.2. The second-order valence-electron chi connectivity index (χ2n) is 8.64. The highest BCUT2D eigenvalue weighted by molar-refractivity contribution is 7.47. The van der Waals surface area contributed by atoms with Crippen molar-refractivity contribution in [3.63, 3.8) is 0 Å². The fourth-order valence-corrected chi connectivity index (χ4v) is 5.29. The number of fused-ring (bicyclic) bond motifs is 1. The van der Waals surface area contributed by atoms with Gasteiger partial charge in [0.25, 0.3) is 0 Å². The van der Waals surface area contributed by atoms with E-state index in [1.807, 2.05) is 0 Å². The molecule has 1 fully saturated rings. The molecule has 1 amide bonds. The molecule has 0 radical (unpaired) electrons. The Balaban J connectivity index is 1.85. The molecule has 0 saturated carbocycles. The van der Waals surface area contributed by atoms with E-state index in [4.69, 9.17) is 25.5 Å². The Morgan fingerprint density at radius 1 is 1.31 bits per heavy atom. The minimum absolute atomic E-state index is 0.0407. The van der Waals surface area contributed by atoms with Gasteiger partial charge in [-0.15, -0.1) is 0 Å². The molecule has 1 saturated heterocycles. The molecule has 1 unspecified atom stereocenters. The second kappa shape index (κ2) is 10.3. The van der Waals surface area contributed by atoms with Gasteiger partial charge in [-0.1, -0.05) is 18.9 Å². The van der Waals surface area contributed by atoms with Gasteiger partial charge < -0.3 is 19.6 Å². The highest BCUT2D eigenvalue weighted by atomic mass is 31.2. The summed E-state index contributed by atoms with van der Waals surface area (Å²) < 4.78 is 29.8. The van der Waals surface area contributed by atoms with Crippen molar-refractivity contribution in [3.8, 4) is 5.75 Å². The van der Waals surface area contributed by atoms with E-state index in [1.165, 1.54) is 0 Å². The van der Waals surface area contributed by atoms with Crippen LogP contribution in [0.1, 0.15) is 64.0 Å². The molecule has 176 valence electrons. The number of ether oxygens (including phenoxy) is 1. The van der Waals surface area contributed by atoms with Crippen molar-refractivity contribution >= 4 is 19.4 Å². The van der Waals surface area contributed by atoms with Crippen molar-refractivity contribution in [1.29, 1.82) is 0 Å². The minimum Gasteiger partial charge on any atom is -0.485 e. The Labute approximate surface area is 188 Å². The van der Waals surface area contributed by atoms with Crippen LogP contribution in [-0.4, -0.2) is 52.3 Å². The first-order valence-corrected chi connectivity index (χ1v) is 12.4. The maximum Gasteiger partial charge on any atom is 0.472 e. The molecule has 2 aliphatic rings. The lowest BCUT2D eigenvalue weighted by Crippen LogP contribution is -2.54. The van der Waals surface area contributed by atoms with Crippen molar-refractivity contribution in [3.05, 3.63) is 35.2 Å². The molecule has 10 heteroatoms. The van der Waals surface area contributed by atoms with E-state index in [0.717, 1.165) is 12.8 Å². The van der Waals surface area contributed by atoms with Crippen LogP contribution in [0.3, 0.4) is 0 Å². The number of likely N-dealkylation sites (tertiary alicyclic amines) is 1. The summed E-state index contributed by atoms with van der Waals surface area (Å²) in [5.74, 6) is 0.447. The number of phosphoric ester groups is 1. The van der Waals surface area contributed by atoms with Crippen LogP contribution >= 0.6 is 7.82 Å². The Hall–Kier alpha value is -1.95. The Morgan fingerprint density at radius 3 is 2.72 bits per heavy atom. The topological polar surface area (TPSA) is 110 Å². The molecule has 0 aromatic heterocycles. The molecule has 2 N–H and O–H groups in total. The van der Waals surface area contributed by atoms with E-state index in [-0.39, 0.29) is 19.1 Å². The third-order valence-corrected chi connectivity index (χ3v) is 6.79. The summed E-state index contributed by atoms with van der Waals surface area (Å²) in [7, 11) is -4.45. The van der Waals surface area contributed by atoms with Crippen LogP contribution in [0.25, 0.3) is 4.85 Å². The van der Waals surface area contributed by atoms with Crippen molar-refractivity contribution in [1.82, 2.24) is 4.90 Å². The normalized spacial score (nSPS) is 23.8. The summed E-state index contributed by atoms with van der Waals surface area (Å²) in [4.78, 5) is 28.2. The molecule has 0 bridgehead atoms. The SMILES string of the molecule is [C-]#[N+]c1ccc2c(c1)[C@@H](N1CCCC1=O)[C@H](OP(=O)(O)OCCCCCCO)C(C)(C)O2. The third kappa shape index (κ3) is 5.69. The average Bonchev–Trinajstić information content (AvgIpc) is 3.16. The summed E-state index contributed by atoms with van der Waals surface area (Å²) in [5.41, 5.74) is -0.0703. The van der Waals surface area contributed by atoms with Gasteiger partial charge in [-0.05, 0) is 45.2 Å². The second-order valence-corrected chi connectivity index (χ2v) is 10.0. The van der Waals surface area contributed by atoms with Crippen LogP contribution in [-0.2, 0) is 18.4 Å². The maximum atomic E-state index is 12.8. The molecular formula is C22H31N2O7P. The predicted molar refractivity (Wildman–Crippen MR) is 117 cm³/mol. The van der Waals surface area contributed by atoms with Gasteiger partial charge in [-0.25, -0.2) is 9.41 Å². The quantitative estimate of drug-likeness (QED) is 0.303. The lowest BCUT2D eigenvalue weighted by atomic mass is 9.85. The van der Waals surface area contributed by atoms with E-state index in [0.29, 0.717) is 49.2 Å². The number of aliphatic hydroxyl groups is 1. The number of hydrogen-bond donors (Lipinski definition) is 2. The zero-order valence-electron chi connectivity index (χ0n) is 18.5. The lowest BCUT2D eigenvalue weighted by Gasteiger charge is -2.47. The lowest BCUT2D eigenvalue weighted by molar-refractivity contribution is -0.139. The van der Waals surface area contributed by atoms with Gasteiger partial charge in [-0.3, -0.25) is 13.8 Å². The van der Waals surface area contributed by atoms with E-state index in [2.05, 4.69) is 4.85 Å². The number of nitrogens with zero attached hydrogens (tertiary/aromatic N) is 2. The van der Waals surface area contributed by atoms with E-state index in [9.17, 15) is 14.3 Å². The number of rotatable bonds is 10. The van der Waals surface area contributed by atoms with Crippen LogP contribution in [0.5, 0.6) is 5.75 Å². The molecule has 1 aromatic carbocycles. The summed E-state index contributed by atoms with van der Waals surface area (Å²) in [6.07, 6.45) is 2.90. The molecule has 2 heterocycles. The number of carbonyl (C=O) groups is 1. The monoisotopic (exact) mass is 466 g/mol. The zero-order chi connectivity index (χ0) is 23.4. The molecule has 2 aliphatic heterocycles. The predicted octanol–water partition coefficient (Wildman–Crippen LogP) is 4.13. The van der Waals surface area contributed by atoms with Crippen LogP contribution in [0.15, 0.2) is 18.2 Å². The number of hydrogen-bond acceptors (Lipinski definition) is 6. The van der Waals surface area contributed by atoms with Gasteiger partial charge >= 0.3 is 7.82 Å². The van der Waals surface area contributed by atoms with Gasteiger partial charge in [-0.2, -0.15) is 0 Å². The molecule has 1 aromatic rings. The highest BCUT2D eigenvalue weighted by Gasteiger charge is 2.51. The summed E-state index contributed by atoms with van der Waals surface area (Å²) in [6.45, 7) is 11.5. The van der Waals surface area contributed by atoms with Gasteiger partial charge in [0, 0.05) is 25.1 Å². The number of unbranched alkanes of at least 4 members (excludes halogenated alkanes) is 3. The van der Waals surface area contributed by atoms with E-state index in [1.54, 1.807) is 36.9 Å². The third-order valence-electron chi connectivity index (χ3n) is 5.79. The Morgan fingerprint density at radius 2 is 2.06 bits per heavy atom. The number of amides is 1. The summed E-state index contributed by atoms with van der Waals surface area (Å²) >= 11 is 0. The summed E-state index contributed by atoms with van der Waals surface area (Å²) in [6, 6.07) is 4.30. The van der Waals surface area contributed by atoms with Crippen LogP contribution in [0, 0.1) is 6.57 Å². The molecule has 3 atom stereocenters. The standard InChI is InChI=1S/C22H31N2O7P/c1-22(2)21(31-32(27,28)29-14-7-5-4-6-13-25)20(24-12-8-9-19(24)26)17-15-16(23-3)10-11-18(17)30-22/h10-11,15,20-21,25H,4-9,12-14H2,1-2H3,(H,27,28)/t20-,21+/m1/s1. The Bertz CT molecular complexity index is 914. The van der Waals surface area contributed by atoms with Crippen molar-refractivity contribution in [2.45, 2.75) is 70.1 Å². The van der Waals surface area contributed by atoms with Crippen LogP contribution < -0.4 is 4.74 Å². The van der Waals surface area contributed by atoms with Crippen LogP contribution in [0.4, 0.5) is 5.69 Å². The maximum absolute atomic E-state index is 12.8. The molecule has 0 aliphatic carbocycles. The highest BCUT2D eigenvalue weighted by Crippen LogP contribution is 2.54. The first-order valence-electron chi connectivity index (χ1n) is 10.9. The first kappa shape index (κ1) is 24.7. The molecule has 0 spiro atoms. The van der Waals surface area contributed by atoms with Gasteiger partial charge in [0.15, 0.2) is 5.69 Å². The molecule has 32 heavy (non-hydrogen) atoms. The fraction of sp³-hybridized carbons (Fsp3) is 0.636. The minimum atomic E-state index is -4.45. The summed E-state index contributed by atoms with van der Waals surface area (Å²) in [5, 5.41) is 8.83. The van der Waals surface area contributed by atoms with Gasteiger partial charge in [0.2, 0.25) is 5.91 Å². The van der Waals surface area contributed by atoms with Gasteiger partial charge in [0.1, 0.15) is 17.5 Å². The molecule has 3 rings (SSSR count). The zero-order valence-corrected chi connectivity index (χ0v) is 19.4. The smallest absolute Gasteiger partial charge is 0.472 e. The number of phosphoric acid groups is 1. The van der Waals surface area contributed by atoms with E-state index >= 15 is 0 Å². The van der Waals surface area contributed by atoms with Crippen LogP contribution in [0.2, 0.25) is 0 Å². The molecular weight excluding hydrogens is 435 g/mol. The van der Waals surface area contributed by atoms with Crippen molar-refractivity contribution < 1.29 is 33.1 Å². The average molecular weight is 466 g/mol. The largest absolute Gasteiger partial charge is 0.485 e. The Kier molecular flexibility index (Phi) is 7.97. The fourth-order valence-electron chi connectivity index (χ4n) is 4.21. The molecule has 9 nitrogen and oxygen atoms in total. The number of carbonyl (C=O) groups excluding carboxylic acids is 1. The van der Waals surface area contributed by atoms with Crippen molar-refractivity contribution in [2.75, 3.05) is 19.8 Å². The van der Waals surface area contributed by atoms with Crippen molar-refractivity contribution in [2.24, 2.45) is 0 Å². The number of aliphatic hydroxyl groups excluding tert-OH is 1.